The summed E-state index contributed by atoms with van der Waals surface area (Å²) in [5.74, 6) is 1.62. The molecule has 31 heavy (non-hydrogen) atoms. The Kier molecular flexibility index (Phi) is 5.99. The van der Waals surface area contributed by atoms with Crippen LogP contribution in [0.15, 0.2) is 30.3 Å². The van der Waals surface area contributed by atoms with Crippen molar-refractivity contribution in [1.82, 2.24) is 15.1 Å². The number of amides is 1. The molecule has 1 aliphatic rings. The van der Waals surface area contributed by atoms with Crippen LogP contribution in [0.25, 0.3) is 10.9 Å². The summed E-state index contributed by atoms with van der Waals surface area (Å²) in [6, 6.07) is 9.12. The standard InChI is InChI=1S/C23H28N4O4/c1-14(2)11-24-22-18-9-19(21(28)10-20(18)25-26-22)23(29)27-12-15-4-5-17(8-16(15)13-27)31-7-6-30-3/h4-5,8-10,14,28H,6-7,11-13H2,1-3H3,(H2,24,25,26). The van der Waals surface area contributed by atoms with E-state index in [0.717, 1.165) is 28.8 Å². The minimum Gasteiger partial charge on any atom is -0.507 e. The molecule has 0 radical (unpaired) electrons. The molecule has 2 aromatic carbocycles. The van der Waals surface area contributed by atoms with Gasteiger partial charge < -0.3 is 24.8 Å². The first kappa shape index (κ1) is 21.0. The number of phenolic OH excluding ortho intramolecular Hbond substituents is 1. The third-order valence-electron chi connectivity index (χ3n) is 5.33. The van der Waals surface area contributed by atoms with E-state index >= 15 is 0 Å². The van der Waals surface area contributed by atoms with Crippen molar-refractivity contribution in [3.05, 3.63) is 47.0 Å². The number of benzene rings is 2. The summed E-state index contributed by atoms with van der Waals surface area (Å²) >= 11 is 0. The van der Waals surface area contributed by atoms with E-state index in [0.29, 0.717) is 43.6 Å². The lowest BCUT2D eigenvalue weighted by molar-refractivity contribution is 0.0748. The van der Waals surface area contributed by atoms with Gasteiger partial charge in [0, 0.05) is 38.2 Å². The van der Waals surface area contributed by atoms with Crippen molar-refractivity contribution in [2.45, 2.75) is 26.9 Å². The summed E-state index contributed by atoms with van der Waals surface area (Å²) in [7, 11) is 1.63. The van der Waals surface area contributed by atoms with Gasteiger partial charge in [0.05, 0.1) is 17.7 Å². The van der Waals surface area contributed by atoms with Gasteiger partial charge in [0.2, 0.25) is 0 Å². The number of fused-ring (bicyclic) bond motifs is 2. The Morgan fingerprint density at radius 2 is 2.03 bits per heavy atom. The summed E-state index contributed by atoms with van der Waals surface area (Å²) in [6.45, 7) is 6.95. The van der Waals surface area contributed by atoms with Crippen LogP contribution >= 0.6 is 0 Å². The van der Waals surface area contributed by atoms with E-state index in [1.54, 1.807) is 24.1 Å². The van der Waals surface area contributed by atoms with E-state index in [2.05, 4.69) is 29.4 Å². The first-order valence-electron chi connectivity index (χ1n) is 10.4. The van der Waals surface area contributed by atoms with E-state index in [4.69, 9.17) is 9.47 Å². The predicted octanol–water partition coefficient (Wildman–Crippen LogP) is 3.52. The number of aromatic amines is 1. The van der Waals surface area contributed by atoms with Crippen molar-refractivity contribution >= 4 is 22.6 Å². The van der Waals surface area contributed by atoms with Crippen LogP contribution in [0.1, 0.15) is 35.3 Å². The zero-order valence-electron chi connectivity index (χ0n) is 18.1. The lowest BCUT2D eigenvalue weighted by Crippen LogP contribution is -2.25. The average Bonchev–Trinajstić information content (AvgIpc) is 3.34. The van der Waals surface area contributed by atoms with Gasteiger partial charge in [0.15, 0.2) is 5.82 Å². The van der Waals surface area contributed by atoms with Gasteiger partial charge in [0.25, 0.3) is 5.91 Å². The fourth-order valence-corrected chi connectivity index (χ4v) is 3.68. The van der Waals surface area contributed by atoms with Crippen LogP contribution in [0.2, 0.25) is 0 Å². The number of ether oxygens (including phenoxy) is 2. The van der Waals surface area contributed by atoms with Crippen molar-refractivity contribution in [2.24, 2.45) is 5.92 Å². The van der Waals surface area contributed by atoms with Gasteiger partial charge >= 0.3 is 0 Å². The number of anilines is 1. The molecule has 3 aromatic rings. The monoisotopic (exact) mass is 424 g/mol. The number of methoxy groups -OCH3 is 1. The van der Waals surface area contributed by atoms with Crippen LogP contribution in [0, 0.1) is 5.92 Å². The molecule has 1 aliphatic heterocycles. The highest BCUT2D eigenvalue weighted by molar-refractivity contribution is 6.03. The molecule has 8 nitrogen and oxygen atoms in total. The van der Waals surface area contributed by atoms with Crippen LogP contribution in [0.3, 0.4) is 0 Å². The molecule has 164 valence electrons. The number of aromatic nitrogens is 2. The Morgan fingerprint density at radius 3 is 2.81 bits per heavy atom. The molecule has 0 atom stereocenters. The Labute approximate surface area is 181 Å². The molecule has 1 amide bonds. The van der Waals surface area contributed by atoms with E-state index in [9.17, 15) is 9.90 Å². The summed E-state index contributed by atoms with van der Waals surface area (Å²) in [4.78, 5) is 15.0. The van der Waals surface area contributed by atoms with Crippen molar-refractivity contribution in [3.63, 3.8) is 0 Å². The number of hydrogen-bond donors (Lipinski definition) is 3. The number of nitrogens with one attached hydrogen (secondary N) is 2. The molecule has 0 fully saturated rings. The highest BCUT2D eigenvalue weighted by Gasteiger charge is 2.27. The van der Waals surface area contributed by atoms with Gasteiger partial charge in [-0.25, -0.2) is 0 Å². The molecular formula is C23H28N4O4. The van der Waals surface area contributed by atoms with E-state index in [1.807, 2.05) is 18.2 Å². The molecule has 0 spiro atoms. The number of rotatable bonds is 8. The third kappa shape index (κ3) is 4.44. The van der Waals surface area contributed by atoms with Crippen LogP contribution in [0.4, 0.5) is 5.82 Å². The second kappa shape index (κ2) is 8.85. The van der Waals surface area contributed by atoms with Crippen LogP contribution in [-0.4, -0.2) is 53.0 Å². The molecule has 4 rings (SSSR count). The Bertz CT molecular complexity index is 1090. The summed E-state index contributed by atoms with van der Waals surface area (Å²) < 4.78 is 10.7. The van der Waals surface area contributed by atoms with Gasteiger partial charge in [-0.2, -0.15) is 5.10 Å². The van der Waals surface area contributed by atoms with Crippen molar-refractivity contribution in [1.29, 1.82) is 0 Å². The van der Waals surface area contributed by atoms with Crippen LogP contribution in [-0.2, 0) is 17.8 Å². The maximum atomic E-state index is 13.2. The molecular weight excluding hydrogens is 396 g/mol. The molecule has 0 bridgehead atoms. The maximum Gasteiger partial charge on any atom is 0.258 e. The van der Waals surface area contributed by atoms with E-state index in [-0.39, 0.29) is 17.2 Å². The predicted molar refractivity (Wildman–Crippen MR) is 118 cm³/mol. The van der Waals surface area contributed by atoms with Gasteiger partial charge in [-0.3, -0.25) is 9.89 Å². The number of nitrogens with zero attached hydrogens (tertiary/aromatic N) is 2. The average molecular weight is 425 g/mol. The fourth-order valence-electron chi connectivity index (χ4n) is 3.68. The van der Waals surface area contributed by atoms with Crippen molar-refractivity contribution in [3.8, 4) is 11.5 Å². The first-order chi connectivity index (χ1) is 15.0. The zero-order valence-corrected chi connectivity index (χ0v) is 18.1. The maximum absolute atomic E-state index is 13.2. The highest BCUT2D eigenvalue weighted by Crippen LogP contribution is 2.32. The van der Waals surface area contributed by atoms with Gasteiger partial charge in [-0.15, -0.1) is 0 Å². The molecule has 1 aromatic heterocycles. The summed E-state index contributed by atoms with van der Waals surface area (Å²) in [5, 5.41) is 21.8. The molecule has 0 aliphatic carbocycles. The Hall–Kier alpha value is -3.26. The largest absolute Gasteiger partial charge is 0.507 e. The number of carbonyl (C=O) groups excluding carboxylic acids is 1. The molecule has 3 N–H and O–H groups in total. The van der Waals surface area contributed by atoms with Gasteiger partial charge in [-0.1, -0.05) is 19.9 Å². The first-order valence-corrected chi connectivity index (χ1v) is 10.4. The SMILES string of the molecule is COCCOc1ccc2c(c1)CN(C(=O)c1cc3c(NCC(C)C)n[nH]c3cc1O)C2. The Balaban J connectivity index is 1.53. The minimum atomic E-state index is -0.214. The number of carbonyl (C=O) groups is 1. The molecule has 0 unspecified atom stereocenters. The zero-order chi connectivity index (χ0) is 22.0. The summed E-state index contributed by atoms with van der Waals surface area (Å²) in [6.07, 6.45) is 0. The van der Waals surface area contributed by atoms with E-state index in [1.165, 1.54) is 0 Å². The molecule has 2 heterocycles. The highest BCUT2D eigenvalue weighted by atomic mass is 16.5. The molecule has 0 saturated heterocycles. The summed E-state index contributed by atoms with van der Waals surface area (Å²) in [5.41, 5.74) is 3.08. The fraction of sp³-hybridized carbons (Fsp3) is 0.391. The number of aromatic hydroxyl groups is 1. The van der Waals surface area contributed by atoms with E-state index < -0.39 is 0 Å². The van der Waals surface area contributed by atoms with Crippen molar-refractivity contribution < 1.29 is 19.4 Å². The van der Waals surface area contributed by atoms with Gasteiger partial charge in [-0.05, 0) is 35.2 Å². The number of hydrogen-bond acceptors (Lipinski definition) is 6. The quantitative estimate of drug-likeness (QED) is 0.479. The molecule has 8 heteroatoms. The molecule has 0 saturated carbocycles. The Morgan fingerprint density at radius 1 is 1.23 bits per heavy atom. The van der Waals surface area contributed by atoms with Crippen LogP contribution < -0.4 is 10.1 Å². The number of H-pyrrole nitrogens is 1. The normalized spacial score (nSPS) is 13.1. The number of phenols is 1. The topological polar surface area (TPSA) is 99.7 Å². The lowest BCUT2D eigenvalue weighted by Gasteiger charge is -2.16. The lowest BCUT2D eigenvalue weighted by atomic mass is 10.1. The third-order valence-corrected chi connectivity index (χ3v) is 5.33. The van der Waals surface area contributed by atoms with Crippen molar-refractivity contribution in [2.75, 3.05) is 32.2 Å². The minimum absolute atomic E-state index is 0.0592. The second-order valence-corrected chi connectivity index (χ2v) is 8.19. The van der Waals surface area contributed by atoms with Crippen LogP contribution in [0.5, 0.6) is 11.5 Å². The second-order valence-electron chi connectivity index (χ2n) is 8.19. The smallest absolute Gasteiger partial charge is 0.258 e. The van der Waals surface area contributed by atoms with Gasteiger partial charge in [0.1, 0.15) is 18.1 Å².